The Morgan fingerprint density at radius 1 is 1.13 bits per heavy atom. The smallest absolute Gasteiger partial charge is 0.242 e. The van der Waals surface area contributed by atoms with E-state index in [9.17, 15) is 9.59 Å². The third-order valence-electron chi connectivity index (χ3n) is 5.50. The van der Waals surface area contributed by atoms with Gasteiger partial charge in [0.1, 0.15) is 11.9 Å². The summed E-state index contributed by atoms with van der Waals surface area (Å²) < 4.78 is 2.17. The zero-order valence-corrected chi connectivity index (χ0v) is 17.8. The Labute approximate surface area is 180 Å². The number of hydrogen-bond acceptors (Lipinski definition) is 3. The van der Waals surface area contributed by atoms with E-state index < -0.39 is 6.04 Å². The number of benzene rings is 2. The zero-order valence-electron chi connectivity index (χ0n) is 17.8. The summed E-state index contributed by atoms with van der Waals surface area (Å²) in [6.45, 7) is 4.71. The largest absolute Gasteiger partial charge is 0.361 e. The van der Waals surface area contributed by atoms with Crippen LogP contribution in [0.15, 0.2) is 54.7 Å². The maximum absolute atomic E-state index is 12.8. The van der Waals surface area contributed by atoms with E-state index in [2.05, 4.69) is 31.2 Å². The van der Waals surface area contributed by atoms with Gasteiger partial charge in [0, 0.05) is 43.5 Å². The lowest BCUT2D eigenvalue weighted by Crippen LogP contribution is -2.47. The molecule has 2 heterocycles. The monoisotopic (exact) mass is 417 g/mol. The first-order chi connectivity index (χ1) is 15.0. The molecule has 0 saturated heterocycles. The van der Waals surface area contributed by atoms with Crippen LogP contribution >= 0.6 is 0 Å². The average Bonchev–Trinajstić information content (AvgIpc) is 3.30. The molecule has 3 N–H and O–H groups in total. The number of hydrogen-bond donors (Lipinski definition) is 3. The number of nitrogens with zero attached hydrogens (tertiary/aromatic N) is 2. The van der Waals surface area contributed by atoms with Crippen molar-refractivity contribution in [2.45, 2.75) is 39.3 Å². The molecule has 2 aromatic carbocycles. The van der Waals surface area contributed by atoms with Crippen LogP contribution in [0.2, 0.25) is 0 Å². The van der Waals surface area contributed by atoms with Crippen molar-refractivity contribution in [2.24, 2.45) is 0 Å². The molecule has 1 unspecified atom stereocenters. The van der Waals surface area contributed by atoms with Gasteiger partial charge in [-0.05, 0) is 37.1 Å². The molecule has 1 atom stereocenters. The minimum absolute atomic E-state index is 0.173. The van der Waals surface area contributed by atoms with Gasteiger partial charge in [0.25, 0.3) is 0 Å². The number of aromatic nitrogens is 3. The molecule has 0 saturated carbocycles. The van der Waals surface area contributed by atoms with E-state index in [1.54, 1.807) is 0 Å². The number of carbonyl (C=O) groups is 2. The summed E-state index contributed by atoms with van der Waals surface area (Å²) in [4.78, 5) is 32.3. The molecule has 4 aromatic rings. The summed E-state index contributed by atoms with van der Waals surface area (Å²) in [5, 5.41) is 6.83. The fraction of sp³-hybridized carbons (Fsp3) is 0.292. The standard InChI is InChI=1S/C24H27N5O2/c1-16-27-21-10-5-6-11-23(21)29(16)13-7-12-25-24(31)22(28-17(2)30)14-18-15-26-20-9-4-3-8-19(18)20/h3-6,8-11,15,22,26H,7,12-14H2,1-2H3,(H,25,31)(H,28,30). The number of nitrogens with one attached hydrogen (secondary N) is 3. The van der Waals surface area contributed by atoms with Crippen molar-refractivity contribution in [2.75, 3.05) is 6.54 Å². The highest BCUT2D eigenvalue weighted by Gasteiger charge is 2.21. The summed E-state index contributed by atoms with van der Waals surface area (Å²) >= 11 is 0. The highest BCUT2D eigenvalue weighted by Crippen LogP contribution is 2.19. The lowest BCUT2D eigenvalue weighted by molar-refractivity contribution is -0.128. The number of amides is 2. The van der Waals surface area contributed by atoms with Crippen LogP contribution in [0.25, 0.3) is 21.9 Å². The van der Waals surface area contributed by atoms with Crippen molar-refractivity contribution in [3.63, 3.8) is 0 Å². The number of fused-ring (bicyclic) bond motifs is 2. The van der Waals surface area contributed by atoms with Gasteiger partial charge in [0.05, 0.1) is 11.0 Å². The van der Waals surface area contributed by atoms with Gasteiger partial charge in [-0.3, -0.25) is 9.59 Å². The fourth-order valence-electron chi connectivity index (χ4n) is 4.03. The van der Waals surface area contributed by atoms with E-state index in [-0.39, 0.29) is 11.8 Å². The predicted molar refractivity (Wildman–Crippen MR) is 122 cm³/mol. The molecule has 0 aliphatic carbocycles. The van der Waals surface area contributed by atoms with Crippen molar-refractivity contribution in [1.29, 1.82) is 0 Å². The van der Waals surface area contributed by atoms with Crippen LogP contribution in [0.3, 0.4) is 0 Å². The lowest BCUT2D eigenvalue weighted by Gasteiger charge is -2.17. The van der Waals surface area contributed by atoms with Crippen LogP contribution < -0.4 is 10.6 Å². The normalized spacial score (nSPS) is 12.2. The van der Waals surface area contributed by atoms with Gasteiger partial charge in [-0.15, -0.1) is 0 Å². The molecule has 7 heteroatoms. The van der Waals surface area contributed by atoms with Crippen molar-refractivity contribution < 1.29 is 9.59 Å². The molecule has 7 nitrogen and oxygen atoms in total. The van der Waals surface area contributed by atoms with Gasteiger partial charge in [-0.2, -0.15) is 0 Å². The topological polar surface area (TPSA) is 91.8 Å². The molecular weight excluding hydrogens is 390 g/mol. The number of imidazole rings is 1. The second-order valence-corrected chi connectivity index (χ2v) is 7.76. The maximum Gasteiger partial charge on any atom is 0.242 e. The third kappa shape index (κ3) is 4.60. The zero-order chi connectivity index (χ0) is 21.8. The van der Waals surface area contributed by atoms with E-state index in [0.717, 1.165) is 46.3 Å². The van der Waals surface area contributed by atoms with Crippen LogP contribution in [-0.4, -0.2) is 38.9 Å². The first-order valence-electron chi connectivity index (χ1n) is 10.5. The molecular formula is C24H27N5O2. The Morgan fingerprint density at radius 3 is 2.74 bits per heavy atom. The Kier molecular flexibility index (Phi) is 6.02. The van der Waals surface area contributed by atoms with Crippen LogP contribution in [-0.2, 0) is 22.6 Å². The second-order valence-electron chi connectivity index (χ2n) is 7.76. The van der Waals surface area contributed by atoms with Crippen molar-refractivity contribution in [1.82, 2.24) is 25.2 Å². The van der Waals surface area contributed by atoms with Crippen molar-refractivity contribution in [3.8, 4) is 0 Å². The molecule has 0 radical (unpaired) electrons. The van der Waals surface area contributed by atoms with Crippen LogP contribution in [0.1, 0.15) is 24.7 Å². The Hall–Kier alpha value is -3.61. The van der Waals surface area contributed by atoms with E-state index in [1.165, 1.54) is 6.92 Å². The minimum Gasteiger partial charge on any atom is -0.361 e. The summed E-state index contributed by atoms with van der Waals surface area (Å²) in [6.07, 6.45) is 3.10. The van der Waals surface area contributed by atoms with Crippen molar-refractivity contribution >= 4 is 33.8 Å². The third-order valence-corrected chi connectivity index (χ3v) is 5.50. The highest BCUT2D eigenvalue weighted by molar-refractivity contribution is 5.89. The molecule has 2 aromatic heterocycles. The van der Waals surface area contributed by atoms with Crippen LogP contribution in [0.5, 0.6) is 0 Å². The number of aryl methyl sites for hydroxylation is 2. The van der Waals surface area contributed by atoms with Crippen LogP contribution in [0.4, 0.5) is 0 Å². The molecule has 0 spiro atoms. The molecule has 0 bridgehead atoms. The number of aromatic amines is 1. The van der Waals surface area contributed by atoms with Crippen molar-refractivity contribution in [3.05, 3.63) is 66.1 Å². The molecule has 31 heavy (non-hydrogen) atoms. The molecule has 0 aliphatic heterocycles. The number of rotatable bonds is 8. The molecule has 0 aliphatic rings. The van der Waals surface area contributed by atoms with Gasteiger partial charge < -0.3 is 20.2 Å². The Morgan fingerprint density at radius 2 is 1.90 bits per heavy atom. The average molecular weight is 418 g/mol. The SMILES string of the molecule is CC(=O)NC(Cc1c[nH]c2ccccc12)C(=O)NCCCn1c(C)nc2ccccc21. The van der Waals surface area contributed by atoms with Gasteiger partial charge >= 0.3 is 0 Å². The molecule has 160 valence electrons. The first-order valence-corrected chi connectivity index (χ1v) is 10.5. The summed E-state index contributed by atoms with van der Waals surface area (Å²) in [5.74, 6) is 0.566. The highest BCUT2D eigenvalue weighted by atomic mass is 16.2. The maximum atomic E-state index is 12.8. The van der Waals surface area contributed by atoms with Gasteiger partial charge in [0.2, 0.25) is 11.8 Å². The van der Waals surface area contributed by atoms with E-state index in [0.29, 0.717) is 13.0 Å². The molecule has 4 rings (SSSR count). The van der Waals surface area contributed by atoms with Gasteiger partial charge in [0.15, 0.2) is 0 Å². The second kappa shape index (κ2) is 9.04. The molecule has 0 fully saturated rings. The first kappa shape index (κ1) is 20.7. The van der Waals surface area contributed by atoms with Crippen LogP contribution in [0, 0.1) is 6.92 Å². The summed E-state index contributed by atoms with van der Waals surface area (Å²) in [7, 11) is 0. The number of H-pyrrole nitrogens is 1. The van der Waals surface area contributed by atoms with Gasteiger partial charge in [-0.25, -0.2) is 4.98 Å². The summed E-state index contributed by atoms with van der Waals surface area (Å²) in [5.41, 5.74) is 4.10. The Balaban J connectivity index is 1.37. The van der Waals surface area contributed by atoms with E-state index in [1.807, 2.05) is 55.6 Å². The summed E-state index contributed by atoms with van der Waals surface area (Å²) in [6, 6.07) is 15.4. The predicted octanol–water partition coefficient (Wildman–Crippen LogP) is 3.08. The fourth-order valence-corrected chi connectivity index (χ4v) is 4.03. The number of carbonyl (C=O) groups excluding carboxylic acids is 2. The minimum atomic E-state index is -0.618. The van der Waals surface area contributed by atoms with Gasteiger partial charge in [-0.1, -0.05) is 30.3 Å². The lowest BCUT2D eigenvalue weighted by atomic mass is 10.0. The Bertz CT molecular complexity index is 1220. The van der Waals surface area contributed by atoms with E-state index >= 15 is 0 Å². The number of para-hydroxylation sites is 3. The molecule has 2 amide bonds. The quantitative estimate of drug-likeness (QED) is 0.385. The van der Waals surface area contributed by atoms with E-state index in [4.69, 9.17) is 0 Å².